The minimum Gasteiger partial charge on any atom is -0.325 e. The molecule has 0 radical (unpaired) electrons. The van der Waals surface area contributed by atoms with Crippen molar-refractivity contribution in [3.8, 4) is 0 Å². The predicted molar refractivity (Wildman–Crippen MR) is 67.5 cm³/mol. The van der Waals surface area contributed by atoms with Gasteiger partial charge in [0.15, 0.2) is 0 Å². The molecule has 2 amide bonds. The van der Waals surface area contributed by atoms with Gasteiger partial charge >= 0.3 is 6.03 Å². The van der Waals surface area contributed by atoms with Crippen LogP contribution in [0, 0.1) is 5.92 Å². The minimum absolute atomic E-state index is 0.253. The molecule has 3 heteroatoms. The zero-order chi connectivity index (χ0) is 12.0. The van der Waals surface area contributed by atoms with Gasteiger partial charge in [-0.05, 0) is 32.1 Å². The van der Waals surface area contributed by atoms with Crippen molar-refractivity contribution in [1.82, 2.24) is 9.80 Å². The van der Waals surface area contributed by atoms with Gasteiger partial charge in [0.1, 0.15) is 0 Å². The summed E-state index contributed by atoms with van der Waals surface area (Å²) < 4.78 is 0. The van der Waals surface area contributed by atoms with E-state index in [1.807, 2.05) is 9.80 Å². The van der Waals surface area contributed by atoms with Crippen LogP contribution < -0.4 is 0 Å². The van der Waals surface area contributed by atoms with Gasteiger partial charge in [-0.25, -0.2) is 4.79 Å². The van der Waals surface area contributed by atoms with Crippen LogP contribution in [-0.2, 0) is 0 Å². The predicted octanol–water partition coefficient (Wildman–Crippen LogP) is 2.96. The second kappa shape index (κ2) is 6.77. The third-order valence-corrected chi connectivity index (χ3v) is 3.49. The van der Waals surface area contributed by atoms with E-state index in [0.29, 0.717) is 0 Å². The molecule has 1 fully saturated rings. The molecule has 0 spiro atoms. The van der Waals surface area contributed by atoms with E-state index >= 15 is 0 Å². The molecule has 1 rings (SSSR count). The number of amides is 2. The summed E-state index contributed by atoms with van der Waals surface area (Å²) in [4.78, 5) is 16.2. The van der Waals surface area contributed by atoms with Gasteiger partial charge in [-0.1, -0.05) is 20.3 Å². The Bertz CT molecular complexity index is 203. The molecule has 0 aromatic rings. The summed E-state index contributed by atoms with van der Waals surface area (Å²) >= 11 is 0. The Balaban J connectivity index is 2.41. The van der Waals surface area contributed by atoms with Gasteiger partial charge in [0.05, 0.1) is 0 Å². The van der Waals surface area contributed by atoms with Crippen LogP contribution in [-0.4, -0.2) is 42.0 Å². The van der Waals surface area contributed by atoms with E-state index in [2.05, 4.69) is 20.8 Å². The monoisotopic (exact) mass is 226 g/mol. The van der Waals surface area contributed by atoms with Gasteiger partial charge in [0.2, 0.25) is 0 Å². The topological polar surface area (TPSA) is 23.6 Å². The number of likely N-dealkylation sites (tertiary alicyclic amines) is 1. The number of carbonyl (C=O) groups is 1. The summed E-state index contributed by atoms with van der Waals surface area (Å²) in [6.07, 6.45) is 4.60. The summed E-state index contributed by atoms with van der Waals surface area (Å²) in [5.41, 5.74) is 0. The van der Waals surface area contributed by atoms with Gasteiger partial charge in [0.25, 0.3) is 0 Å². The van der Waals surface area contributed by atoms with E-state index in [1.165, 1.54) is 0 Å². The van der Waals surface area contributed by atoms with Crippen LogP contribution in [0.2, 0.25) is 0 Å². The molecule has 0 aromatic heterocycles. The zero-order valence-corrected chi connectivity index (χ0v) is 11.0. The quantitative estimate of drug-likeness (QED) is 0.723. The van der Waals surface area contributed by atoms with Crippen LogP contribution in [0.4, 0.5) is 4.79 Å². The first-order chi connectivity index (χ1) is 7.69. The standard InChI is InChI=1S/C13H26N2O/c1-4-6-9-14(5-2)13(16)15-10-7-12(3)8-11-15/h12H,4-11H2,1-3H3. The van der Waals surface area contributed by atoms with Crippen molar-refractivity contribution in [2.45, 2.75) is 46.5 Å². The molecule has 3 nitrogen and oxygen atoms in total. The molecular weight excluding hydrogens is 200 g/mol. The summed E-state index contributed by atoms with van der Waals surface area (Å²) in [6.45, 7) is 10.2. The van der Waals surface area contributed by atoms with Crippen molar-refractivity contribution in [2.75, 3.05) is 26.2 Å². The largest absolute Gasteiger partial charge is 0.325 e. The minimum atomic E-state index is 0.253. The number of urea groups is 1. The molecule has 0 unspecified atom stereocenters. The average Bonchev–Trinajstić information content (AvgIpc) is 2.30. The van der Waals surface area contributed by atoms with Gasteiger partial charge in [0, 0.05) is 26.2 Å². The molecular formula is C13H26N2O. The summed E-state index contributed by atoms with van der Waals surface area (Å²) in [7, 11) is 0. The van der Waals surface area contributed by atoms with Gasteiger partial charge in [-0.3, -0.25) is 0 Å². The molecule has 1 saturated heterocycles. The SMILES string of the molecule is CCCCN(CC)C(=O)N1CCC(C)CC1. The van der Waals surface area contributed by atoms with Crippen molar-refractivity contribution >= 4 is 6.03 Å². The van der Waals surface area contributed by atoms with Crippen LogP contribution in [0.1, 0.15) is 46.5 Å². The maximum absolute atomic E-state index is 12.2. The van der Waals surface area contributed by atoms with Crippen LogP contribution in [0.15, 0.2) is 0 Å². The second-order valence-electron chi connectivity index (χ2n) is 4.89. The Morgan fingerprint density at radius 3 is 2.44 bits per heavy atom. The smallest absolute Gasteiger partial charge is 0.319 e. The van der Waals surface area contributed by atoms with E-state index in [0.717, 1.165) is 57.8 Å². The molecule has 0 N–H and O–H groups in total. The van der Waals surface area contributed by atoms with Crippen molar-refractivity contribution in [3.63, 3.8) is 0 Å². The molecule has 1 aliphatic rings. The van der Waals surface area contributed by atoms with E-state index in [-0.39, 0.29) is 6.03 Å². The lowest BCUT2D eigenvalue weighted by molar-refractivity contribution is 0.136. The molecule has 1 aliphatic heterocycles. The lowest BCUT2D eigenvalue weighted by Crippen LogP contribution is -2.46. The summed E-state index contributed by atoms with van der Waals surface area (Å²) in [5, 5.41) is 0. The normalized spacial score (nSPS) is 17.6. The molecule has 0 bridgehead atoms. The van der Waals surface area contributed by atoms with E-state index in [1.54, 1.807) is 0 Å². The van der Waals surface area contributed by atoms with Crippen molar-refractivity contribution in [3.05, 3.63) is 0 Å². The number of piperidine rings is 1. The first-order valence-electron chi connectivity index (χ1n) is 6.72. The van der Waals surface area contributed by atoms with Gasteiger partial charge < -0.3 is 9.80 Å². The number of hydrogen-bond donors (Lipinski definition) is 0. The van der Waals surface area contributed by atoms with Crippen molar-refractivity contribution in [1.29, 1.82) is 0 Å². The Morgan fingerprint density at radius 2 is 1.94 bits per heavy atom. The highest BCUT2D eigenvalue weighted by Gasteiger charge is 2.23. The van der Waals surface area contributed by atoms with E-state index in [4.69, 9.17) is 0 Å². The maximum atomic E-state index is 12.2. The molecule has 0 aromatic carbocycles. The molecule has 0 saturated carbocycles. The van der Waals surface area contributed by atoms with Crippen molar-refractivity contribution in [2.24, 2.45) is 5.92 Å². The van der Waals surface area contributed by atoms with Crippen LogP contribution >= 0.6 is 0 Å². The summed E-state index contributed by atoms with van der Waals surface area (Å²) in [6, 6.07) is 0.253. The van der Waals surface area contributed by atoms with Crippen LogP contribution in [0.3, 0.4) is 0 Å². The fraction of sp³-hybridized carbons (Fsp3) is 0.923. The Morgan fingerprint density at radius 1 is 1.31 bits per heavy atom. The Hall–Kier alpha value is -0.730. The number of carbonyl (C=O) groups excluding carboxylic acids is 1. The van der Waals surface area contributed by atoms with Gasteiger partial charge in [-0.2, -0.15) is 0 Å². The summed E-state index contributed by atoms with van der Waals surface area (Å²) in [5.74, 6) is 0.787. The zero-order valence-electron chi connectivity index (χ0n) is 11.0. The Labute approximate surface area is 99.8 Å². The first-order valence-corrected chi connectivity index (χ1v) is 6.72. The number of hydrogen-bond acceptors (Lipinski definition) is 1. The third kappa shape index (κ3) is 3.69. The highest BCUT2D eigenvalue weighted by Crippen LogP contribution is 2.17. The van der Waals surface area contributed by atoms with Crippen molar-refractivity contribution < 1.29 is 4.79 Å². The number of rotatable bonds is 4. The fourth-order valence-electron chi connectivity index (χ4n) is 2.14. The first kappa shape index (κ1) is 13.3. The van der Waals surface area contributed by atoms with Crippen LogP contribution in [0.5, 0.6) is 0 Å². The molecule has 1 heterocycles. The highest BCUT2D eigenvalue weighted by molar-refractivity contribution is 5.74. The fourth-order valence-corrected chi connectivity index (χ4v) is 2.14. The highest BCUT2D eigenvalue weighted by atomic mass is 16.2. The maximum Gasteiger partial charge on any atom is 0.319 e. The lowest BCUT2D eigenvalue weighted by atomic mass is 9.99. The molecule has 16 heavy (non-hydrogen) atoms. The second-order valence-corrected chi connectivity index (χ2v) is 4.89. The molecule has 0 atom stereocenters. The molecule has 0 aliphatic carbocycles. The Kier molecular flexibility index (Phi) is 5.64. The van der Waals surface area contributed by atoms with Crippen LogP contribution in [0.25, 0.3) is 0 Å². The van der Waals surface area contributed by atoms with E-state index in [9.17, 15) is 4.79 Å². The average molecular weight is 226 g/mol. The molecule has 94 valence electrons. The number of nitrogens with zero attached hydrogens (tertiary/aromatic N) is 2. The third-order valence-electron chi connectivity index (χ3n) is 3.49. The van der Waals surface area contributed by atoms with Gasteiger partial charge in [-0.15, -0.1) is 0 Å². The number of unbranched alkanes of at least 4 members (excludes halogenated alkanes) is 1. The van der Waals surface area contributed by atoms with E-state index < -0.39 is 0 Å². The lowest BCUT2D eigenvalue weighted by Gasteiger charge is -2.34.